The van der Waals surface area contributed by atoms with Crippen molar-refractivity contribution < 1.29 is 0 Å². The molecule has 0 aromatic heterocycles. The Balaban J connectivity index is 1.89. The van der Waals surface area contributed by atoms with Gasteiger partial charge in [-0.2, -0.15) is 0 Å². The van der Waals surface area contributed by atoms with Crippen LogP contribution in [-0.4, -0.2) is 12.8 Å². The second-order valence-electron chi connectivity index (χ2n) is 5.85. The number of hydrogen-bond acceptors (Lipinski definition) is 1. The second kappa shape index (κ2) is 14.4. The van der Waals surface area contributed by atoms with Crippen molar-refractivity contribution in [2.45, 2.75) is 71.1 Å². The van der Waals surface area contributed by atoms with E-state index in [1.807, 2.05) is 30.3 Å². The van der Waals surface area contributed by atoms with Crippen LogP contribution in [0.3, 0.4) is 0 Å². The molecule has 0 amide bonds. The van der Waals surface area contributed by atoms with Crippen molar-refractivity contribution in [3.63, 3.8) is 0 Å². The largest absolute Gasteiger partial charge is 0.284 e. The number of benzene rings is 1. The molecule has 0 radical (unpaired) electrons. The highest BCUT2D eigenvalue weighted by Gasteiger charge is 1.91. The lowest BCUT2D eigenvalue weighted by Gasteiger charge is -2.00. The third kappa shape index (κ3) is 11.1. The summed E-state index contributed by atoms with van der Waals surface area (Å²) in [5, 5.41) is 0. The molecule has 0 saturated heterocycles. The molecule has 1 aromatic carbocycles. The average Bonchev–Trinajstić information content (AvgIpc) is 2.56. The van der Waals surface area contributed by atoms with E-state index in [4.69, 9.17) is 0 Å². The fraction of sp³-hybridized carbons (Fsp3) is 0.571. The molecule has 0 spiro atoms. The molecule has 0 fully saturated rings. The van der Waals surface area contributed by atoms with Crippen LogP contribution in [0.25, 0.3) is 0 Å². The maximum atomic E-state index is 4.36. The molecule has 0 bridgehead atoms. The highest BCUT2D eigenvalue weighted by atomic mass is 14.7. The van der Waals surface area contributed by atoms with Gasteiger partial charge in [-0.15, -0.1) is 0 Å². The maximum absolute atomic E-state index is 4.36. The molecule has 0 saturated carbocycles. The zero-order valence-electron chi connectivity index (χ0n) is 14.2. The Labute approximate surface area is 137 Å². The Kier molecular flexibility index (Phi) is 12.1. The summed E-state index contributed by atoms with van der Waals surface area (Å²) >= 11 is 0. The van der Waals surface area contributed by atoms with Crippen LogP contribution in [0.5, 0.6) is 0 Å². The summed E-state index contributed by atoms with van der Waals surface area (Å²) in [5.41, 5.74) is 1.05. The lowest BCUT2D eigenvalue weighted by Crippen LogP contribution is -1.84. The molecule has 0 N–H and O–H groups in total. The number of nitrogens with zero attached hydrogens (tertiary/aromatic N) is 1. The van der Waals surface area contributed by atoms with Gasteiger partial charge in [0.05, 0.1) is 6.21 Å². The first-order chi connectivity index (χ1) is 10.9. The Morgan fingerprint density at radius 2 is 1.41 bits per heavy atom. The Bertz CT molecular complexity index is 436. The van der Waals surface area contributed by atoms with Crippen LogP contribution in [0.4, 0.5) is 0 Å². The molecule has 120 valence electrons. The zero-order valence-corrected chi connectivity index (χ0v) is 14.2. The lowest BCUT2D eigenvalue weighted by molar-refractivity contribution is 0.558. The van der Waals surface area contributed by atoms with Gasteiger partial charge in [0.25, 0.3) is 0 Å². The fourth-order valence-electron chi connectivity index (χ4n) is 2.44. The maximum Gasteiger partial charge on any atom is 0.0714 e. The number of aliphatic imine (C=N–C) groups is 1. The third-order valence-electron chi connectivity index (χ3n) is 3.79. The normalized spacial score (nSPS) is 10.6. The molecule has 0 aliphatic rings. The molecule has 1 heteroatoms. The second-order valence-corrected chi connectivity index (χ2v) is 5.85. The van der Waals surface area contributed by atoms with Gasteiger partial charge in [-0.3, -0.25) is 4.99 Å². The SMILES string of the molecule is CCCCCCCCCCCCN=CC#Cc1ccccc1. The Morgan fingerprint density at radius 1 is 0.818 bits per heavy atom. The van der Waals surface area contributed by atoms with Crippen LogP contribution in [0.15, 0.2) is 35.3 Å². The zero-order chi connectivity index (χ0) is 15.7. The predicted octanol–water partition coefficient (Wildman–Crippen LogP) is 6.03. The summed E-state index contributed by atoms with van der Waals surface area (Å²) in [6, 6.07) is 10.0. The highest BCUT2D eigenvalue weighted by molar-refractivity contribution is 5.79. The van der Waals surface area contributed by atoms with E-state index in [9.17, 15) is 0 Å². The predicted molar refractivity (Wildman–Crippen MR) is 98.5 cm³/mol. The van der Waals surface area contributed by atoms with Gasteiger partial charge in [0.15, 0.2) is 0 Å². The number of unbranched alkanes of at least 4 members (excludes halogenated alkanes) is 9. The minimum Gasteiger partial charge on any atom is -0.284 e. The summed E-state index contributed by atoms with van der Waals surface area (Å²) in [6.45, 7) is 3.19. The van der Waals surface area contributed by atoms with Crippen LogP contribution < -0.4 is 0 Å². The van der Waals surface area contributed by atoms with E-state index in [1.54, 1.807) is 6.21 Å². The van der Waals surface area contributed by atoms with Crippen molar-refractivity contribution in [1.82, 2.24) is 0 Å². The van der Waals surface area contributed by atoms with Gasteiger partial charge in [-0.25, -0.2) is 0 Å². The number of hydrogen-bond donors (Lipinski definition) is 0. The molecule has 0 atom stereocenters. The third-order valence-corrected chi connectivity index (χ3v) is 3.79. The van der Waals surface area contributed by atoms with Crippen LogP contribution in [0.2, 0.25) is 0 Å². The van der Waals surface area contributed by atoms with Gasteiger partial charge < -0.3 is 0 Å². The van der Waals surface area contributed by atoms with E-state index in [2.05, 4.69) is 23.8 Å². The monoisotopic (exact) mass is 297 g/mol. The quantitative estimate of drug-likeness (QED) is 0.269. The van der Waals surface area contributed by atoms with Gasteiger partial charge in [0, 0.05) is 12.1 Å². The molecule has 1 nitrogen and oxygen atoms in total. The minimum absolute atomic E-state index is 0.917. The molecule has 0 heterocycles. The topological polar surface area (TPSA) is 12.4 Å². The van der Waals surface area contributed by atoms with Crippen molar-refractivity contribution in [1.29, 1.82) is 0 Å². The molecule has 22 heavy (non-hydrogen) atoms. The minimum atomic E-state index is 0.917. The van der Waals surface area contributed by atoms with Crippen LogP contribution in [0, 0.1) is 11.8 Å². The summed E-state index contributed by atoms with van der Waals surface area (Å²) in [7, 11) is 0. The Morgan fingerprint density at radius 3 is 2.05 bits per heavy atom. The van der Waals surface area contributed by atoms with Crippen molar-refractivity contribution >= 4 is 6.21 Å². The van der Waals surface area contributed by atoms with E-state index in [0.717, 1.165) is 12.1 Å². The molecule has 0 aliphatic heterocycles. The van der Waals surface area contributed by atoms with Crippen molar-refractivity contribution in [2.75, 3.05) is 6.54 Å². The summed E-state index contributed by atoms with van der Waals surface area (Å²) in [6.07, 6.45) is 15.4. The van der Waals surface area contributed by atoms with E-state index < -0.39 is 0 Å². The Hall–Kier alpha value is -1.55. The van der Waals surface area contributed by atoms with Gasteiger partial charge >= 0.3 is 0 Å². The van der Waals surface area contributed by atoms with E-state index in [-0.39, 0.29) is 0 Å². The van der Waals surface area contributed by atoms with Crippen molar-refractivity contribution in [3.05, 3.63) is 35.9 Å². The molecular formula is C21H31N. The summed E-state index contributed by atoms with van der Waals surface area (Å²) in [4.78, 5) is 4.36. The fourth-order valence-corrected chi connectivity index (χ4v) is 2.44. The molecule has 0 aliphatic carbocycles. The number of rotatable bonds is 11. The molecule has 1 rings (SSSR count). The highest BCUT2D eigenvalue weighted by Crippen LogP contribution is 2.10. The van der Waals surface area contributed by atoms with E-state index in [0.29, 0.717) is 0 Å². The van der Waals surface area contributed by atoms with Gasteiger partial charge in [0.2, 0.25) is 0 Å². The van der Waals surface area contributed by atoms with Gasteiger partial charge in [0.1, 0.15) is 0 Å². The van der Waals surface area contributed by atoms with E-state index in [1.165, 1.54) is 64.2 Å². The first-order valence-corrected chi connectivity index (χ1v) is 8.98. The van der Waals surface area contributed by atoms with Gasteiger partial charge in [-0.1, -0.05) is 88.8 Å². The van der Waals surface area contributed by atoms with Crippen LogP contribution in [-0.2, 0) is 0 Å². The molecular weight excluding hydrogens is 266 g/mol. The standard InChI is InChI=1S/C21H31N/c1-2-3-4-5-6-7-8-9-10-14-19-22-20-15-18-21-16-12-11-13-17-21/h11-13,16-17,20H,2-10,14,19H2,1H3. The smallest absolute Gasteiger partial charge is 0.0714 e. The summed E-state index contributed by atoms with van der Waals surface area (Å²) in [5.74, 6) is 6.08. The van der Waals surface area contributed by atoms with E-state index >= 15 is 0 Å². The first-order valence-electron chi connectivity index (χ1n) is 8.98. The van der Waals surface area contributed by atoms with Crippen LogP contribution >= 0.6 is 0 Å². The van der Waals surface area contributed by atoms with Crippen LogP contribution in [0.1, 0.15) is 76.7 Å². The van der Waals surface area contributed by atoms with Gasteiger partial charge in [-0.05, 0) is 24.5 Å². The first kappa shape index (κ1) is 18.5. The molecule has 1 aromatic rings. The van der Waals surface area contributed by atoms with Crippen molar-refractivity contribution in [3.8, 4) is 11.8 Å². The molecule has 0 unspecified atom stereocenters. The summed E-state index contributed by atoms with van der Waals surface area (Å²) < 4.78 is 0. The average molecular weight is 297 g/mol. The van der Waals surface area contributed by atoms with Crippen molar-refractivity contribution in [2.24, 2.45) is 4.99 Å². The lowest BCUT2D eigenvalue weighted by atomic mass is 10.1.